The summed E-state index contributed by atoms with van der Waals surface area (Å²) in [5.41, 5.74) is 3.12. The van der Waals surface area contributed by atoms with Gasteiger partial charge < -0.3 is 20.3 Å². The summed E-state index contributed by atoms with van der Waals surface area (Å²) < 4.78 is 5.54. The van der Waals surface area contributed by atoms with Crippen molar-refractivity contribution in [3.8, 4) is 0 Å². The van der Waals surface area contributed by atoms with Gasteiger partial charge in [-0.2, -0.15) is 0 Å². The molecule has 7 nitrogen and oxygen atoms in total. The van der Waals surface area contributed by atoms with Crippen LogP contribution in [0.25, 0.3) is 0 Å². The van der Waals surface area contributed by atoms with Crippen LogP contribution in [0.4, 0.5) is 4.79 Å². The molecular formula is C33H45N3O4. The van der Waals surface area contributed by atoms with Crippen LogP contribution in [0.5, 0.6) is 0 Å². The van der Waals surface area contributed by atoms with E-state index >= 15 is 0 Å². The first-order chi connectivity index (χ1) is 19.0. The predicted octanol–water partition coefficient (Wildman–Crippen LogP) is 5.92. The zero-order chi connectivity index (χ0) is 28.9. The van der Waals surface area contributed by atoms with Crippen LogP contribution in [0.15, 0.2) is 48.5 Å². The van der Waals surface area contributed by atoms with Crippen molar-refractivity contribution in [2.45, 2.75) is 116 Å². The predicted molar refractivity (Wildman–Crippen MR) is 157 cm³/mol. The fourth-order valence-corrected chi connectivity index (χ4v) is 5.63. The molecule has 4 rings (SSSR count). The molecule has 2 aliphatic carbocycles. The number of ether oxygens (including phenoxy) is 1. The van der Waals surface area contributed by atoms with Crippen LogP contribution in [-0.2, 0) is 20.7 Å². The molecule has 2 fully saturated rings. The van der Waals surface area contributed by atoms with Crippen molar-refractivity contribution in [1.29, 1.82) is 0 Å². The van der Waals surface area contributed by atoms with Crippen molar-refractivity contribution in [2.75, 3.05) is 0 Å². The van der Waals surface area contributed by atoms with Gasteiger partial charge in [0.1, 0.15) is 17.7 Å². The number of nitrogens with zero attached hydrogens (tertiary/aromatic N) is 1. The van der Waals surface area contributed by atoms with E-state index in [9.17, 15) is 14.4 Å². The Hall–Kier alpha value is -3.35. The van der Waals surface area contributed by atoms with E-state index < -0.39 is 23.8 Å². The molecule has 7 heteroatoms. The highest BCUT2D eigenvalue weighted by Gasteiger charge is 2.44. The van der Waals surface area contributed by atoms with Gasteiger partial charge in [-0.15, -0.1) is 0 Å². The summed E-state index contributed by atoms with van der Waals surface area (Å²) in [7, 11) is 0. The summed E-state index contributed by atoms with van der Waals surface area (Å²) >= 11 is 0. The normalized spacial score (nSPS) is 17.4. The van der Waals surface area contributed by atoms with Gasteiger partial charge in [-0.05, 0) is 77.0 Å². The number of hydrogen-bond acceptors (Lipinski definition) is 4. The van der Waals surface area contributed by atoms with Crippen LogP contribution in [-0.4, -0.2) is 46.5 Å². The first-order valence-corrected chi connectivity index (χ1v) is 14.7. The molecule has 2 saturated carbocycles. The third-order valence-corrected chi connectivity index (χ3v) is 7.66. The Kier molecular flexibility index (Phi) is 9.54. The van der Waals surface area contributed by atoms with Crippen LogP contribution >= 0.6 is 0 Å². The van der Waals surface area contributed by atoms with Gasteiger partial charge in [0.15, 0.2) is 0 Å². The van der Waals surface area contributed by atoms with Gasteiger partial charge in [-0.1, -0.05) is 73.4 Å². The summed E-state index contributed by atoms with van der Waals surface area (Å²) in [6, 6.07) is 14.1. The number of alkyl carbamates (subject to hydrolysis) is 1. The fraction of sp³-hybridized carbons (Fsp3) is 0.545. The Balaban J connectivity index is 1.70. The van der Waals surface area contributed by atoms with E-state index in [0.29, 0.717) is 6.42 Å². The second-order valence-electron chi connectivity index (χ2n) is 12.5. The van der Waals surface area contributed by atoms with Gasteiger partial charge in [0, 0.05) is 18.5 Å². The van der Waals surface area contributed by atoms with Crippen molar-refractivity contribution >= 4 is 17.9 Å². The lowest BCUT2D eigenvalue weighted by Gasteiger charge is -2.36. The molecule has 0 radical (unpaired) electrons. The van der Waals surface area contributed by atoms with E-state index in [0.717, 1.165) is 60.8 Å². The Morgan fingerprint density at radius 3 is 2.23 bits per heavy atom. The van der Waals surface area contributed by atoms with Crippen molar-refractivity contribution in [3.63, 3.8) is 0 Å². The van der Waals surface area contributed by atoms with Crippen molar-refractivity contribution in [2.24, 2.45) is 0 Å². The molecular weight excluding hydrogens is 502 g/mol. The largest absolute Gasteiger partial charge is 0.444 e. The number of aryl methyl sites for hydroxylation is 2. The smallest absolute Gasteiger partial charge is 0.408 e. The number of hydrogen-bond donors (Lipinski definition) is 2. The number of carbonyl (C=O) groups excluding carboxylic acids is 3. The number of carbonyl (C=O) groups is 3. The second-order valence-corrected chi connectivity index (χ2v) is 12.5. The number of nitrogens with one attached hydrogen (secondary N) is 2. The van der Waals surface area contributed by atoms with E-state index in [1.807, 2.05) is 56.3 Å². The van der Waals surface area contributed by atoms with Gasteiger partial charge in [0.2, 0.25) is 11.8 Å². The summed E-state index contributed by atoms with van der Waals surface area (Å²) in [5, 5.41) is 6.14. The highest BCUT2D eigenvalue weighted by atomic mass is 16.6. The van der Waals surface area contributed by atoms with Crippen LogP contribution in [0.1, 0.15) is 94.0 Å². The number of rotatable bonds is 9. The third-order valence-electron chi connectivity index (χ3n) is 7.66. The Morgan fingerprint density at radius 1 is 0.950 bits per heavy atom. The lowest BCUT2D eigenvalue weighted by atomic mass is 9.93. The van der Waals surface area contributed by atoms with Crippen LogP contribution in [0.2, 0.25) is 0 Å². The van der Waals surface area contributed by atoms with Gasteiger partial charge in [0.25, 0.3) is 0 Å². The first kappa shape index (κ1) is 29.6. The molecule has 0 aliphatic heterocycles. The number of benzene rings is 2. The summed E-state index contributed by atoms with van der Waals surface area (Å²) in [5.74, 6) is -0.407. The molecule has 0 bridgehead atoms. The molecule has 2 aliphatic rings. The quantitative estimate of drug-likeness (QED) is 0.408. The molecule has 2 aromatic rings. The summed E-state index contributed by atoms with van der Waals surface area (Å²) in [4.78, 5) is 43.3. The minimum Gasteiger partial charge on any atom is -0.444 e. The second kappa shape index (κ2) is 12.9. The molecule has 0 heterocycles. The molecule has 0 saturated heterocycles. The molecule has 2 N–H and O–H groups in total. The zero-order valence-corrected chi connectivity index (χ0v) is 24.7. The molecule has 0 aromatic heterocycles. The van der Waals surface area contributed by atoms with Crippen molar-refractivity contribution in [1.82, 2.24) is 15.5 Å². The Morgan fingerprint density at radius 2 is 1.62 bits per heavy atom. The highest BCUT2D eigenvalue weighted by molar-refractivity contribution is 5.93. The van der Waals surface area contributed by atoms with Crippen molar-refractivity contribution < 1.29 is 19.1 Å². The average Bonchev–Trinajstić information content (AvgIpc) is 3.72. The van der Waals surface area contributed by atoms with Gasteiger partial charge in [-0.25, -0.2) is 4.79 Å². The molecule has 0 spiro atoms. The maximum atomic E-state index is 14.5. The third kappa shape index (κ3) is 8.09. The fourth-order valence-electron chi connectivity index (χ4n) is 5.63. The molecule has 216 valence electrons. The molecule has 2 atom stereocenters. The lowest BCUT2D eigenvalue weighted by Crippen LogP contribution is -2.55. The molecule has 2 aromatic carbocycles. The Bertz CT molecular complexity index is 1180. The standard InChI is InChI=1S/C33H45N3O4/c1-22-16-19-27(23(2)20-22)29(30(37)34-25-14-10-7-11-15-25)36(26-17-18-26)31(38)28(21-24-12-8-6-9-13-24)35-32(39)40-33(3,4)5/h6,8-9,12-13,16,19-20,25-26,28-29H,7,10-11,14-15,17-18,21H2,1-5H3,(H,34,37)(H,35,39). The molecule has 40 heavy (non-hydrogen) atoms. The van der Waals surface area contributed by atoms with Gasteiger partial charge >= 0.3 is 6.09 Å². The zero-order valence-electron chi connectivity index (χ0n) is 24.7. The topological polar surface area (TPSA) is 87.7 Å². The average molecular weight is 548 g/mol. The highest BCUT2D eigenvalue weighted by Crippen LogP contribution is 2.37. The van der Waals surface area contributed by atoms with Crippen LogP contribution in [0.3, 0.4) is 0 Å². The van der Waals surface area contributed by atoms with Crippen LogP contribution in [0, 0.1) is 13.8 Å². The monoisotopic (exact) mass is 547 g/mol. The lowest BCUT2D eigenvalue weighted by molar-refractivity contribution is -0.143. The number of amides is 3. The van der Waals surface area contributed by atoms with E-state index in [-0.39, 0.29) is 23.9 Å². The minimum absolute atomic E-state index is 0.0611. The van der Waals surface area contributed by atoms with E-state index in [1.165, 1.54) is 6.42 Å². The molecule has 2 unspecified atom stereocenters. The minimum atomic E-state index is -0.881. The molecule has 3 amide bonds. The van der Waals surface area contributed by atoms with Gasteiger partial charge in [0.05, 0.1) is 0 Å². The van der Waals surface area contributed by atoms with Crippen LogP contribution < -0.4 is 10.6 Å². The summed E-state index contributed by atoms with van der Waals surface area (Å²) in [6.07, 6.45) is 6.62. The van der Waals surface area contributed by atoms with Crippen molar-refractivity contribution in [3.05, 3.63) is 70.8 Å². The first-order valence-electron chi connectivity index (χ1n) is 14.7. The van der Waals surface area contributed by atoms with Gasteiger partial charge in [-0.3, -0.25) is 9.59 Å². The maximum Gasteiger partial charge on any atom is 0.408 e. The maximum absolute atomic E-state index is 14.5. The SMILES string of the molecule is Cc1ccc(C(C(=O)NC2CCCCC2)N(C(=O)C(Cc2ccccc2)NC(=O)OC(C)(C)C)C2CC2)c(C)c1. The van der Waals surface area contributed by atoms with E-state index in [1.54, 1.807) is 25.7 Å². The van der Waals surface area contributed by atoms with E-state index in [2.05, 4.69) is 16.7 Å². The Labute approximate surface area is 239 Å². The van der Waals surface area contributed by atoms with E-state index in [4.69, 9.17) is 4.74 Å². The summed E-state index contributed by atoms with van der Waals surface area (Å²) in [6.45, 7) is 9.41.